The normalized spacial score (nSPS) is 20.9. The first-order valence-electron chi connectivity index (χ1n) is 7.35. The fourth-order valence-corrected chi connectivity index (χ4v) is 2.61. The third-order valence-corrected chi connectivity index (χ3v) is 3.89. The topological polar surface area (TPSA) is 38.5 Å². The van der Waals surface area contributed by atoms with E-state index in [0.29, 0.717) is 6.10 Å². The Bertz CT molecular complexity index is 371. The minimum absolute atomic E-state index is 0.0851. The van der Waals surface area contributed by atoms with Crippen molar-refractivity contribution >= 4 is 0 Å². The SMILES string of the molecule is CCN(CC1CCCO1)CC(N)c1ccc(C)cc1. The van der Waals surface area contributed by atoms with Gasteiger partial charge in [-0.3, -0.25) is 4.90 Å². The Morgan fingerprint density at radius 2 is 2.11 bits per heavy atom. The second-order valence-electron chi connectivity index (χ2n) is 5.50. The fourth-order valence-electron chi connectivity index (χ4n) is 2.61. The molecular formula is C16H26N2O. The lowest BCUT2D eigenvalue weighted by molar-refractivity contribution is 0.0729. The highest BCUT2D eigenvalue weighted by molar-refractivity contribution is 5.24. The summed E-state index contributed by atoms with van der Waals surface area (Å²) in [5, 5.41) is 0. The number of nitrogens with two attached hydrogens (primary N) is 1. The number of aryl methyl sites for hydroxylation is 1. The van der Waals surface area contributed by atoms with E-state index in [1.54, 1.807) is 0 Å². The monoisotopic (exact) mass is 262 g/mol. The van der Waals surface area contributed by atoms with Crippen LogP contribution in [0.3, 0.4) is 0 Å². The van der Waals surface area contributed by atoms with Crippen molar-refractivity contribution in [1.29, 1.82) is 0 Å². The van der Waals surface area contributed by atoms with Gasteiger partial charge in [0, 0.05) is 25.7 Å². The second-order valence-corrected chi connectivity index (χ2v) is 5.50. The van der Waals surface area contributed by atoms with Crippen LogP contribution in [0.4, 0.5) is 0 Å². The van der Waals surface area contributed by atoms with Crippen LogP contribution in [0.1, 0.15) is 36.9 Å². The predicted molar refractivity (Wildman–Crippen MR) is 79.2 cm³/mol. The second kappa shape index (κ2) is 7.04. The molecule has 2 rings (SSSR count). The molecule has 1 aromatic carbocycles. The van der Waals surface area contributed by atoms with Crippen LogP contribution in [0.15, 0.2) is 24.3 Å². The van der Waals surface area contributed by atoms with Gasteiger partial charge in [0.2, 0.25) is 0 Å². The Hall–Kier alpha value is -0.900. The third-order valence-electron chi connectivity index (χ3n) is 3.89. The van der Waals surface area contributed by atoms with E-state index in [1.807, 2.05) is 0 Å². The first-order valence-corrected chi connectivity index (χ1v) is 7.35. The highest BCUT2D eigenvalue weighted by Crippen LogP contribution is 2.16. The lowest BCUT2D eigenvalue weighted by Crippen LogP contribution is -2.37. The number of likely N-dealkylation sites (N-methyl/N-ethyl adjacent to an activating group) is 1. The molecule has 1 aliphatic rings. The number of nitrogens with zero attached hydrogens (tertiary/aromatic N) is 1. The zero-order valence-corrected chi connectivity index (χ0v) is 12.1. The van der Waals surface area contributed by atoms with E-state index in [4.69, 9.17) is 10.5 Å². The number of benzene rings is 1. The minimum atomic E-state index is 0.0851. The Balaban J connectivity index is 1.87. The molecule has 0 spiro atoms. The molecule has 1 aromatic rings. The number of ether oxygens (including phenoxy) is 1. The van der Waals surface area contributed by atoms with Crippen LogP contribution in [0.5, 0.6) is 0 Å². The Morgan fingerprint density at radius 1 is 1.37 bits per heavy atom. The van der Waals surface area contributed by atoms with Crippen LogP contribution in [0.2, 0.25) is 0 Å². The molecule has 106 valence electrons. The lowest BCUT2D eigenvalue weighted by Gasteiger charge is -2.26. The van der Waals surface area contributed by atoms with Gasteiger partial charge in [-0.2, -0.15) is 0 Å². The summed E-state index contributed by atoms with van der Waals surface area (Å²) in [6.45, 7) is 8.16. The zero-order chi connectivity index (χ0) is 13.7. The van der Waals surface area contributed by atoms with Gasteiger partial charge < -0.3 is 10.5 Å². The summed E-state index contributed by atoms with van der Waals surface area (Å²) in [4.78, 5) is 2.40. The van der Waals surface area contributed by atoms with E-state index in [1.165, 1.54) is 24.0 Å². The lowest BCUT2D eigenvalue weighted by atomic mass is 10.1. The van der Waals surface area contributed by atoms with E-state index in [-0.39, 0.29) is 6.04 Å². The third kappa shape index (κ3) is 4.30. The van der Waals surface area contributed by atoms with Crippen LogP contribution >= 0.6 is 0 Å². The van der Waals surface area contributed by atoms with Gasteiger partial charge >= 0.3 is 0 Å². The molecule has 0 amide bonds. The molecule has 2 atom stereocenters. The van der Waals surface area contributed by atoms with Gasteiger partial charge in [0.1, 0.15) is 0 Å². The van der Waals surface area contributed by atoms with Gasteiger partial charge in [0.25, 0.3) is 0 Å². The van der Waals surface area contributed by atoms with Crippen LogP contribution in [0, 0.1) is 6.92 Å². The quantitative estimate of drug-likeness (QED) is 0.856. The number of hydrogen-bond donors (Lipinski definition) is 1. The van der Waals surface area contributed by atoms with Gasteiger partial charge in [-0.25, -0.2) is 0 Å². The molecule has 19 heavy (non-hydrogen) atoms. The van der Waals surface area contributed by atoms with Crippen molar-refractivity contribution in [3.05, 3.63) is 35.4 Å². The standard InChI is InChI=1S/C16H26N2O/c1-3-18(11-15-5-4-10-19-15)12-16(17)14-8-6-13(2)7-9-14/h6-9,15-16H,3-5,10-12,17H2,1-2H3. The molecule has 0 saturated carbocycles. The maximum absolute atomic E-state index is 6.31. The minimum Gasteiger partial charge on any atom is -0.377 e. The molecule has 2 N–H and O–H groups in total. The highest BCUT2D eigenvalue weighted by atomic mass is 16.5. The summed E-state index contributed by atoms with van der Waals surface area (Å²) >= 11 is 0. The van der Waals surface area contributed by atoms with E-state index >= 15 is 0 Å². The maximum atomic E-state index is 6.31. The number of rotatable bonds is 6. The summed E-state index contributed by atoms with van der Waals surface area (Å²) in [6, 6.07) is 8.62. The van der Waals surface area contributed by atoms with Crippen molar-refractivity contribution < 1.29 is 4.74 Å². The van der Waals surface area contributed by atoms with Crippen LogP contribution in [-0.4, -0.2) is 37.2 Å². The average molecular weight is 262 g/mol. The van der Waals surface area contributed by atoms with Crippen LogP contribution < -0.4 is 5.73 Å². The zero-order valence-electron chi connectivity index (χ0n) is 12.1. The van der Waals surface area contributed by atoms with Gasteiger partial charge in [-0.15, -0.1) is 0 Å². The van der Waals surface area contributed by atoms with E-state index in [9.17, 15) is 0 Å². The van der Waals surface area contributed by atoms with Gasteiger partial charge in [-0.1, -0.05) is 36.8 Å². The first-order chi connectivity index (χ1) is 9.19. The molecule has 1 saturated heterocycles. The van der Waals surface area contributed by atoms with Gasteiger partial charge in [0.15, 0.2) is 0 Å². The van der Waals surface area contributed by atoms with Crippen molar-refractivity contribution in [2.24, 2.45) is 5.73 Å². The van der Waals surface area contributed by atoms with Crippen molar-refractivity contribution in [3.63, 3.8) is 0 Å². The van der Waals surface area contributed by atoms with E-state index in [2.05, 4.69) is 43.0 Å². The predicted octanol–water partition coefficient (Wildman–Crippen LogP) is 2.50. The largest absolute Gasteiger partial charge is 0.377 e. The summed E-state index contributed by atoms with van der Waals surface area (Å²) in [6.07, 6.45) is 2.80. The molecular weight excluding hydrogens is 236 g/mol. The van der Waals surface area contributed by atoms with Crippen LogP contribution in [-0.2, 0) is 4.74 Å². The van der Waals surface area contributed by atoms with Gasteiger partial charge in [-0.05, 0) is 31.9 Å². The highest BCUT2D eigenvalue weighted by Gasteiger charge is 2.20. The fraction of sp³-hybridized carbons (Fsp3) is 0.625. The van der Waals surface area contributed by atoms with Crippen molar-refractivity contribution in [2.75, 3.05) is 26.2 Å². The molecule has 0 radical (unpaired) electrons. The smallest absolute Gasteiger partial charge is 0.0702 e. The van der Waals surface area contributed by atoms with Crippen molar-refractivity contribution in [2.45, 2.75) is 38.8 Å². The van der Waals surface area contributed by atoms with Crippen LogP contribution in [0.25, 0.3) is 0 Å². The molecule has 0 bridgehead atoms. The Labute approximate surface area is 116 Å². The molecule has 3 heteroatoms. The first kappa shape index (κ1) is 14.5. The summed E-state index contributed by atoms with van der Waals surface area (Å²) in [5.41, 5.74) is 8.81. The van der Waals surface area contributed by atoms with Gasteiger partial charge in [0.05, 0.1) is 6.10 Å². The Morgan fingerprint density at radius 3 is 2.68 bits per heavy atom. The summed E-state index contributed by atoms with van der Waals surface area (Å²) in [7, 11) is 0. The molecule has 0 aromatic heterocycles. The molecule has 2 unspecified atom stereocenters. The van der Waals surface area contributed by atoms with E-state index < -0.39 is 0 Å². The molecule has 1 aliphatic heterocycles. The van der Waals surface area contributed by atoms with Crippen molar-refractivity contribution in [3.8, 4) is 0 Å². The molecule has 3 nitrogen and oxygen atoms in total. The molecule has 1 heterocycles. The summed E-state index contributed by atoms with van der Waals surface area (Å²) < 4.78 is 5.71. The number of hydrogen-bond acceptors (Lipinski definition) is 3. The molecule has 0 aliphatic carbocycles. The Kier molecular flexibility index (Phi) is 5.37. The van der Waals surface area contributed by atoms with E-state index in [0.717, 1.165) is 26.2 Å². The summed E-state index contributed by atoms with van der Waals surface area (Å²) in [5.74, 6) is 0. The maximum Gasteiger partial charge on any atom is 0.0702 e. The van der Waals surface area contributed by atoms with Crippen molar-refractivity contribution in [1.82, 2.24) is 4.90 Å². The molecule has 1 fully saturated rings. The average Bonchev–Trinajstić information content (AvgIpc) is 2.91.